The van der Waals surface area contributed by atoms with Gasteiger partial charge < -0.3 is 20.6 Å². The third-order valence-electron chi connectivity index (χ3n) is 5.13. The molecule has 0 unspecified atom stereocenters. The van der Waals surface area contributed by atoms with Gasteiger partial charge in [-0.2, -0.15) is 0 Å². The number of amides is 2. The number of anilines is 1. The van der Waals surface area contributed by atoms with Crippen molar-refractivity contribution in [3.63, 3.8) is 0 Å². The van der Waals surface area contributed by atoms with Crippen molar-refractivity contribution in [2.45, 2.75) is 57.1 Å². The summed E-state index contributed by atoms with van der Waals surface area (Å²) in [7, 11) is 0. The zero-order valence-corrected chi connectivity index (χ0v) is 14.3. The Hall–Kier alpha value is -1.59. The molecule has 1 aromatic carbocycles. The Morgan fingerprint density at radius 1 is 1.17 bits per heavy atom. The van der Waals surface area contributed by atoms with Crippen LogP contribution in [-0.4, -0.2) is 47.8 Å². The lowest BCUT2D eigenvalue weighted by atomic mass is 9.93. The third-order valence-corrected chi connectivity index (χ3v) is 5.13. The summed E-state index contributed by atoms with van der Waals surface area (Å²) in [6.07, 6.45) is 6.72. The van der Waals surface area contributed by atoms with Crippen molar-refractivity contribution >= 4 is 11.7 Å². The summed E-state index contributed by atoms with van der Waals surface area (Å²) < 4.78 is 0. The van der Waals surface area contributed by atoms with Crippen molar-refractivity contribution in [1.82, 2.24) is 10.2 Å². The molecule has 1 saturated heterocycles. The van der Waals surface area contributed by atoms with Crippen LogP contribution in [0.2, 0.25) is 0 Å². The van der Waals surface area contributed by atoms with Crippen LogP contribution in [0.5, 0.6) is 0 Å². The lowest BCUT2D eigenvalue weighted by Gasteiger charge is -2.26. The van der Waals surface area contributed by atoms with Gasteiger partial charge in [0.15, 0.2) is 0 Å². The van der Waals surface area contributed by atoms with Crippen molar-refractivity contribution in [2.75, 3.05) is 25.0 Å². The first-order chi connectivity index (χ1) is 11.7. The van der Waals surface area contributed by atoms with Crippen LogP contribution in [0, 0.1) is 0 Å². The molecule has 0 bridgehead atoms. The van der Waals surface area contributed by atoms with Crippen molar-refractivity contribution in [1.29, 1.82) is 0 Å². The van der Waals surface area contributed by atoms with E-state index in [1.165, 1.54) is 31.5 Å². The number of likely N-dealkylation sites (tertiary alicyclic amines) is 1. The molecule has 0 atom stereocenters. The van der Waals surface area contributed by atoms with Gasteiger partial charge in [0.05, 0.1) is 6.10 Å². The van der Waals surface area contributed by atoms with Gasteiger partial charge in [0, 0.05) is 18.3 Å². The second-order valence-corrected chi connectivity index (χ2v) is 7.10. The molecule has 1 aromatic rings. The van der Waals surface area contributed by atoms with Crippen molar-refractivity contribution in [3.8, 4) is 0 Å². The molecule has 3 N–H and O–H groups in total. The Balaban J connectivity index is 1.45. The lowest BCUT2D eigenvalue weighted by molar-refractivity contribution is 0.118. The number of carbonyl (C=O) groups is 1. The van der Waals surface area contributed by atoms with Crippen LogP contribution in [0.1, 0.15) is 44.1 Å². The zero-order chi connectivity index (χ0) is 16.8. The van der Waals surface area contributed by atoms with E-state index in [-0.39, 0.29) is 18.2 Å². The first-order valence-corrected chi connectivity index (χ1v) is 9.26. The first-order valence-electron chi connectivity index (χ1n) is 9.26. The predicted octanol–water partition coefficient (Wildman–Crippen LogP) is 2.75. The maximum atomic E-state index is 12.1. The van der Waals surface area contributed by atoms with E-state index in [4.69, 9.17) is 0 Å². The largest absolute Gasteiger partial charge is 0.393 e. The van der Waals surface area contributed by atoms with Crippen LogP contribution in [-0.2, 0) is 6.42 Å². The maximum Gasteiger partial charge on any atom is 0.319 e. The summed E-state index contributed by atoms with van der Waals surface area (Å²) in [6.45, 7) is 3.53. The SMILES string of the molecule is O=C(Nc1cccc(CCN2CCCC2)c1)NC1CCC(O)CC1. The first kappa shape index (κ1) is 17.2. The monoisotopic (exact) mass is 331 g/mol. The molecule has 1 saturated carbocycles. The van der Waals surface area contributed by atoms with E-state index < -0.39 is 0 Å². The normalized spacial score (nSPS) is 24.7. The van der Waals surface area contributed by atoms with Gasteiger partial charge in [0.25, 0.3) is 0 Å². The van der Waals surface area contributed by atoms with E-state index in [0.717, 1.165) is 44.3 Å². The van der Waals surface area contributed by atoms with Gasteiger partial charge in [0.1, 0.15) is 0 Å². The number of urea groups is 1. The summed E-state index contributed by atoms with van der Waals surface area (Å²) in [5.74, 6) is 0. The number of aliphatic hydroxyl groups is 1. The van der Waals surface area contributed by atoms with Crippen molar-refractivity contribution in [3.05, 3.63) is 29.8 Å². The number of benzene rings is 1. The topological polar surface area (TPSA) is 64.6 Å². The fourth-order valence-electron chi connectivity index (χ4n) is 3.67. The highest BCUT2D eigenvalue weighted by Gasteiger charge is 2.20. The second kappa shape index (κ2) is 8.49. The van der Waals surface area contributed by atoms with Gasteiger partial charge in [0.2, 0.25) is 0 Å². The minimum atomic E-state index is -0.196. The Bertz CT molecular complexity index is 535. The fourth-order valence-corrected chi connectivity index (χ4v) is 3.67. The molecule has 24 heavy (non-hydrogen) atoms. The molecule has 0 aromatic heterocycles. The second-order valence-electron chi connectivity index (χ2n) is 7.10. The van der Waals surface area contributed by atoms with E-state index in [1.807, 2.05) is 12.1 Å². The molecule has 1 aliphatic carbocycles. The smallest absolute Gasteiger partial charge is 0.319 e. The Labute approximate surface area is 144 Å². The summed E-state index contributed by atoms with van der Waals surface area (Å²) in [5.41, 5.74) is 2.11. The summed E-state index contributed by atoms with van der Waals surface area (Å²) in [4.78, 5) is 14.7. The van der Waals surface area contributed by atoms with Gasteiger partial charge in [-0.15, -0.1) is 0 Å². The minimum Gasteiger partial charge on any atom is -0.393 e. The number of hydrogen-bond donors (Lipinski definition) is 3. The Morgan fingerprint density at radius 3 is 2.67 bits per heavy atom. The molecule has 0 radical (unpaired) electrons. The molecule has 1 heterocycles. The summed E-state index contributed by atoms with van der Waals surface area (Å²) in [5, 5.41) is 15.5. The molecule has 0 spiro atoms. The molecule has 2 amide bonds. The van der Waals surface area contributed by atoms with Gasteiger partial charge >= 0.3 is 6.03 Å². The average Bonchev–Trinajstić information content (AvgIpc) is 3.09. The summed E-state index contributed by atoms with van der Waals surface area (Å²) in [6, 6.07) is 8.16. The van der Waals surface area contributed by atoms with E-state index >= 15 is 0 Å². The minimum absolute atomic E-state index is 0.145. The van der Waals surface area contributed by atoms with Crippen LogP contribution in [0.15, 0.2) is 24.3 Å². The number of carbonyl (C=O) groups excluding carboxylic acids is 1. The van der Waals surface area contributed by atoms with Crippen LogP contribution < -0.4 is 10.6 Å². The average molecular weight is 331 g/mol. The van der Waals surface area contributed by atoms with E-state index in [9.17, 15) is 9.90 Å². The standard InChI is InChI=1S/C19H29N3O2/c23-18-8-6-16(7-9-18)20-19(24)21-17-5-3-4-15(14-17)10-13-22-11-1-2-12-22/h3-5,14,16,18,23H,1-2,6-13H2,(H2,20,21,24). The number of rotatable bonds is 5. The fraction of sp³-hybridized carbons (Fsp3) is 0.632. The van der Waals surface area contributed by atoms with Crippen LogP contribution >= 0.6 is 0 Å². The van der Waals surface area contributed by atoms with Gasteiger partial charge in [-0.05, 0) is 75.7 Å². The Morgan fingerprint density at radius 2 is 1.92 bits per heavy atom. The van der Waals surface area contributed by atoms with Gasteiger partial charge in [-0.3, -0.25) is 0 Å². The van der Waals surface area contributed by atoms with Gasteiger partial charge in [-0.1, -0.05) is 12.1 Å². The molecule has 3 rings (SSSR count). The Kier molecular flexibility index (Phi) is 6.10. The molecule has 5 nitrogen and oxygen atoms in total. The number of nitrogens with zero attached hydrogens (tertiary/aromatic N) is 1. The zero-order valence-electron chi connectivity index (χ0n) is 14.3. The number of nitrogens with one attached hydrogen (secondary N) is 2. The lowest BCUT2D eigenvalue weighted by Crippen LogP contribution is -2.40. The van der Waals surface area contributed by atoms with Crippen LogP contribution in [0.3, 0.4) is 0 Å². The quantitative estimate of drug-likeness (QED) is 0.777. The van der Waals surface area contributed by atoms with Crippen LogP contribution in [0.25, 0.3) is 0 Å². The number of hydrogen-bond acceptors (Lipinski definition) is 3. The highest BCUT2D eigenvalue weighted by Crippen LogP contribution is 2.19. The summed E-state index contributed by atoms with van der Waals surface area (Å²) >= 11 is 0. The van der Waals surface area contributed by atoms with Gasteiger partial charge in [-0.25, -0.2) is 4.79 Å². The van der Waals surface area contributed by atoms with Crippen molar-refractivity contribution in [2.24, 2.45) is 0 Å². The molecular weight excluding hydrogens is 302 g/mol. The molecule has 2 fully saturated rings. The molecular formula is C19H29N3O2. The van der Waals surface area contributed by atoms with E-state index in [2.05, 4.69) is 27.7 Å². The van der Waals surface area contributed by atoms with Crippen molar-refractivity contribution < 1.29 is 9.90 Å². The highest BCUT2D eigenvalue weighted by atomic mass is 16.3. The molecule has 132 valence electrons. The third kappa shape index (κ3) is 5.21. The molecule has 5 heteroatoms. The molecule has 1 aliphatic heterocycles. The number of aliphatic hydroxyl groups excluding tert-OH is 1. The van der Waals surface area contributed by atoms with E-state index in [1.54, 1.807) is 0 Å². The predicted molar refractivity (Wildman–Crippen MR) is 96.2 cm³/mol. The molecule has 2 aliphatic rings. The van der Waals surface area contributed by atoms with E-state index in [0.29, 0.717) is 0 Å². The highest BCUT2D eigenvalue weighted by molar-refractivity contribution is 5.89. The maximum absolute atomic E-state index is 12.1. The van der Waals surface area contributed by atoms with Crippen LogP contribution in [0.4, 0.5) is 10.5 Å².